The minimum Gasteiger partial charge on any atom is -0.441 e. The summed E-state index contributed by atoms with van der Waals surface area (Å²) >= 11 is 0. The van der Waals surface area contributed by atoms with Crippen LogP contribution in [0.2, 0.25) is 0 Å². The molecule has 39 heavy (non-hydrogen) atoms. The third-order valence-corrected chi connectivity index (χ3v) is 8.13. The Kier molecular flexibility index (Phi) is 7.87. The summed E-state index contributed by atoms with van der Waals surface area (Å²) in [5, 5.41) is 0. The van der Waals surface area contributed by atoms with Crippen LogP contribution in [0.25, 0.3) is 0 Å². The van der Waals surface area contributed by atoms with Gasteiger partial charge >= 0.3 is 12.3 Å². The Morgan fingerprint density at radius 2 is 1.54 bits per heavy atom. The predicted octanol–water partition coefficient (Wildman–Crippen LogP) is 4.94. The third kappa shape index (κ3) is 6.38. The largest absolute Gasteiger partial charge is 0.441 e. The van der Waals surface area contributed by atoms with Crippen LogP contribution in [0, 0.1) is 0 Å². The predicted molar refractivity (Wildman–Crippen MR) is 138 cm³/mol. The van der Waals surface area contributed by atoms with Crippen LogP contribution in [-0.4, -0.2) is 78.2 Å². The van der Waals surface area contributed by atoms with Crippen LogP contribution in [0.3, 0.4) is 0 Å². The van der Waals surface area contributed by atoms with E-state index in [-0.39, 0.29) is 18.1 Å². The van der Waals surface area contributed by atoms with Gasteiger partial charge in [-0.2, -0.15) is 13.2 Å². The summed E-state index contributed by atoms with van der Waals surface area (Å²) in [6, 6.07) is 12.7. The normalized spacial score (nSPS) is 20.5. The minimum atomic E-state index is -4.34. The first kappa shape index (κ1) is 27.5. The maximum Gasteiger partial charge on any atom is 0.416 e. The number of halogens is 3. The van der Waals surface area contributed by atoms with Crippen LogP contribution < -0.4 is 0 Å². The summed E-state index contributed by atoms with van der Waals surface area (Å²) in [6.07, 6.45) is -1.45. The number of carbonyl (C=O) groups is 2. The van der Waals surface area contributed by atoms with Crippen LogP contribution in [-0.2, 0) is 28.7 Å². The highest BCUT2D eigenvalue weighted by Crippen LogP contribution is 2.35. The van der Waals surface area contributed by atoms with E-state index in [9.17, 15) is 22.8 Å². The van der Waals surface area contributed by atoms with E-state index in [2.05, 4.69) is 4.90 Å². The quantitative estimate of drug-likeness (QED) is 0.515. The van der Waals surface area contributed by atoms with Gasteiger partial charge in [-0.05, 0) is 48.2 Å². The molecule has 0 bridgehead atoms. The van der Waals surface area contributed by atoms with Gasteiger partial charge in [-0.15, -0.1) is 0 Å². The lowest BCUT2D eigenvalue weighted by Crippen LogP contribution is -2.46. The summed E-state index contributed by atoms with van der Waals surface area (Å²) in [7, 11) is 1.70. The molecule has 2 amide bonds. The number of ether oxygens (including phenoxy) is 2. The molecule has 3 fully saturated rings. The molecule has 3 aliphatic rings. The summed E-state index contributed by atoms with van der Waals surface area (Å²) in [5.41, 5.74) is 1.20. The van der Waals surface area contributed by atoms with Gasteiger partial charge in [0.1, 0.15) is 5.60 Å². The van der Waals surface area contributed by atoms with Crippen molar-refractivity contribution in [1.29, 1.82) is 0 Å². The zero-order valence-corrected chi connectivity index (χ0v) is 22.1. The minimum absolute atomic E-state index is 0.0127. The SMILES string of the molecule is COC1CCN(C(=O)c2ccc(CN3CC4(CCN(Cc5ccc(C(F)(F)F)cc5)CC4)OC3=O)cc2)CC1. The number of nitrogens with zero attached hydrogens (tertiary/aromatic N) is 3. The van der Waals surface area contributed by atoms with E-state index in [1.54, 1.807) is 12.0 Å². The van der Waals surface area contributed by atoms with Gasteiger partial charge in [-0.25, -0.2) is 4.79 Å². The number of piperidine rings is 2. The average Bonchev–Trinajstić information content (AvgIpc) is 3.24. The van der Waals surface area contributed by atoms with Crippen LogP contribution in [0.15, 0.2) is 48.5 Å². The molecule has 1 spiro atoms. The third-order valence-electron chi connectivity index (χ3n) is 8.13. The summed E-state index contributed by atoms with van der Waals surface area (Å²) in [6.45, 7) is 4.21. The van der Waals surface area contributed by atoms with Gasteiger partial charge in [0.15, 0.2) is 0 Å². The second-order valence-electron chi connectivity index (χ2n) is 10.8. The molecular formula is C29H34F3N3O4. The Balaban J connectivity index is 1.11. The topological polar surface area (TPSA) is 62.3 Å². The zero-order chi connectivity index (χ0) is 27.6. The fourth-order valence-electron chi connectivity index (χ4n) is 5.70. The van der Waals surface area contributed by atoms with Crippen LogP contribution in [0.5, 0.6) is 0 Å². The van der Waals surface area contributed by atoms with Crippen molar-refractivity contribution in [3.63, 3.8) is 0 Å². The van der Waals surface area contributed by atoms with E-state index < -0.39 is 17.3 Å². The number of amides is 2. The highest BCUT2D eigenvalue weighted by Gasteiger charge is 2.46. The van der Waals surface area contributed by atoms with Crippen LogP contribution in [0.1, 0.15) is 52.7 Å². The molecule has 3 saturated heterocycles. The first-order valence-electron chi connectivity index (χ1n) is 13.4. The lowest BCUT2D eigenvalue weighted by atomic mass is 9.91. The highest BCUT2D eigenvalue weighted by molar-refractivity contribution is 5.94. The molecular weight excluding hydrogens is 511 g/mol. The van der Waals surface area contributed by atoms with Crippen LogP contribution in [0.4, 0.5) is 18.0 Å². The maximum atomic E-state index is 12.9. The van der Waals surface area contributed by atoms with Crippen molar-refractivity contribution in [2.45, 2.75) is 56.7 Å². The van der Waals surface area contributed by atoms with Crippen molar-refractivity contribution in [3.05, 3.63) is 70.8 Å². The number of rotatable bonds is 6. The molecule has 0 unspecified atom stereocenters. The smallest absolute Gasteiger partial charge is 0.416 e. The number of alkyl halides is 3. The van der Waals surface area contributed by atoms with Gasteiger partial charge in [-0.3, -0.25) is 14.6 Å². The Hall–Kier alpha value is -3.11. The molecule has 0 atom stereocenters. The molecule has 0 aromatic heterocycles. The molecule has 210 valence electrons. The standard InChI is InChI=1S/C29H34F3N3O4/c1-38-25-10-14-34(15-11-25)26(36)23-6-2-22(3-7-23)19-35-20-28(39-27(35)37)12-16-33(17-13-28)18-21-4-8-24(9-5-21)29(30,31)32/h2-9,25H,10-20H2,1H3. The molecule has 2 aromatic rings. The average molecular weight is 546 g/mol. The van der Waals surface area contributed by atoms with E-state index in [4.69, 9.17) is 9.47 Å². The Labute approximate surface area is 226 Å². The summed E-state index contributed by atoms with van der Waals surface area (Å²) in [5.74, 6) is 0.0127. The molecule has 3 aliphatic heterocycles. The number of likely N-dealkylation sites (tertiary alicyclic amines) is 2. The second-order valence-corrected chi connectivity index (χ2v) is 10.8. The second kappa shape index (κ2) is 11.2. The van der Waals surface area contributed by atoms with Gasteiger partial charge in [0, 0.05) is 64.8 Å². The molecule has 0 aliphatic carbocycles. The fraction of sp³-hybridized carbons (Fsp3) is 0.517. The summed E-state index contributed by atoms with van der Waals surface area (Å²) in [4.78, 5) is 31.3. The summed E-state index contributed by atoms with van der Waals surface area (Å²) < 4.78 is 49.7. The van der Waals surface area contributed by atoms with E-state index >= 15 is 0 Å². The lowest BCUT2D eigenvalue weighted by Gasteiger charge is -2.37. The Morgan fingerprint density at radius 3 is 2.13 bits per heavy atom. The van der Waals surface area contributed by atoms with Gasteiger partial charge in [0.25, 0.3) is 5.91 Å². The number of benzene rings is 2. The number of hydrogen-bond donors (Lipinski definition) is 0. The molecule has 5 rings (SSSR count). The van der Waals surface area contributed by atoms with Crippen molar-refractivity contribution in [3.8, 4) is 0 Å². The fourth-order valence-corrected chi connectivity index (χ4v) is 5.70. The van der Waals surface area contributed by atoms with Crippen molar-refractivity contribution >= 4 is 12.0 Å². The lowest BCUT2D eigenvalue weighted by molar-refractivity contribution is -0.137. The van der Waals surface area contributed by atoms with E-state index in [1.165, 1.54) is 12.1 Å². The number of hydrogen-bond acceptors (Lipinski definition) is 5. The zero-order valence-electron chi connectivity index (χ0n) is 22.1. The number of methoxy groups -OCH3 is 1. The van der Waals surface area contributed by atoms with Gasteiger partial charge in [-0.1, -0.05) is 24.3 Å². The Bertz CT molecular complexity index is 1150. The molecule has 2 aromatic carbocycles. The van der Waals surface area contributed by atoms with Gasteiger partial charge in [0.05, 0.1) is 18.2 Å². The first-order chi connectivity index (χ1) is 18.6. The molecule has 0 radical (unpaired) electrons. The van der Waals surface area contributed by atoms with Gasteiger partial charge in [0.2, 0.25) is 0 Å². The molecule has 3 heterocycles. The number of carbonyl (C=O) groups excluding carboxylic acids is 2. The van der Waals surface area contributed by atoms with Crippen molar-refractivity contribution in [2.75, 3.05) is 39.8 Å². The first-order valence-corrected chi connectivity index (χ1v) is 13.4. The molecule has 0 saturated carbocycles. The van der Waals surface area contributed by atoms with Gasteiger partial charge < -0.3 is 14.4 Å². The maximum absolute atomic E-state index is 12.9. The van der Waals surface area contributed by atoms with Crippen molar-refractivity contribution in [2.24, 2.45) is 0 Å². The van der Waals surface area contributed by atoms with Crippen molar-refractivity contribution < 1.29 is 32.2 Å². The van der Waals surface area contributed by atoms with Crippen molar-refractivity contribution in [1.82, 2.24) is 14.7 Å². The molecule has 10 heteroatoms. The van der Waals surface area contributed by atoms with E-state index in [1.807, 2.05) is 29.2 Å². The van der Waals surface area contributed by atoms with E-state index in [0.29, 0.717) is 64.2 Å². The Morgan fingerprint density at radius 1 is 0.949 bits per heavy atom. The monoisotopic (exact) mass is 545 g/mol. The molecule has 7 nitrogen and oxygen atoms in total. The molecule has 0 N–H and O–H groups in total. The highest BCUT2D eigenvalue weighted by atomic mass is 19.4. The van der Waals surface area contributed by atoms with Crippen LogP contribution >= 0.6 is 0 Å². The van der Waals surface area contributed by atoms with E-state index in [0.717, 1.165) is 36.1 Å².